The van der Waals surface area contributed by atoms with E-state index in [-0.39, 0.29) is 37.2 Å². The van der Waals surface area contributed by atoms with Gasteiger partial charge in [-0.05, 0) is 12.1 Å². The Labute approximate surface area is 140 Å². The topological polar surface area (TPSA) is 66.9 Å². The quantitative estimate of drug-likeness (QED) is 0.695. The zero-order chi connectivity index (χ0) is 16.5. The number of hydrogen-bond acceptors (Lipinski definition) is 4. The third-order valence-corrected chi connectivity index (χ3v) is 4.06. The first-order valence-electron chi connectivity index (χ1n) is 5.30. The van der Waals surface area contributed by atoms with Crippen molar-refractivity contribution in [1.82, 2.24) is 10.2 Å². The third kappa shape index (κ3) is 4.13. The maximum absolute atomic E-state index is 12.4. The van der Waals surface area contributed by atoms with Gasteiger partial charge in [0, 0.05) is 0 Å². The summed E-state index contributed by atoms with van der Waals surface area (Å²) in [6.45, 7) is 0. The number of hydrogen-bond donors (Lipinski definition) is 2. The fourth-order valence-electron chi connectivity index (χ4n) is 1.26. The monoisotopic (exact) mass is 390 g/mol. The number of urea groups is 1. The summed E-state index contributed by atoms with van der Waals surface area (Å²) in [7, 11) is 0. The van der Waals surface area contributed by atoms with Gasteiger partial charge >= 0.3 is 12.2 Å². The van der Waals surface area contributed by atoms with Crippen molar-refractivity contribution in [2.45, 2.75) is 6.18 Å². The lowest BCUT2D eigenvalue weighted by atomic mass is 10.3. The highest BCUT2D eigenvalue weighted by atomic mass is 35.5. The minimum atomic E-state index is -4.62. The Kier molecular flexibility index (Phi) is 5.00. The fourth-order valence-corrected chi connectivity index (χ4v) is 2.46. The van der Waals surface area contributed by atoms with Crippen molar-refractivity contribution in [1.29, 1.82) is 0 Å². The molecule has 118 valence electrons. The van der Waals surface area contributed by atoms with E-state index >= 15 is 0 Å². The first-order chi connectivity index (χ1) is 10.2. The van der Waals surface area contributed by atoms with Crippen molar-refractivity contribution in [2.75, 3.05) is 10.6 Å². The van der Waals surface area contributed by atoms with Gasteiger partial charge in [-0.3, -0.25) is 5.32 Å². The minimum Gasteiger partial charge on any atom is -0.306 e. The van der Waals surface area contributed by atoms with Gasteiger partial charge in [0.15, 0.2) is 0 Å². The molecule has 2 rings (SSSR count). The van der Waals surface area contributed by atoms with Crippen LogP contribution in [0.5, 0.6) is 0 Å². The van der Waals surface area contributed by atoms with E-state index in [4.69, 9.17) is 34.8 Å². The molecule has 12 heteroatoms. The number of amides is 2. The standard InChI is InChI=1S/C10H4Cl3F3N4OS/c11-3-1-5(13)6(2-4(3)12)17-8(21)18-9-20-19-7(22-9)10(14,15)16/h1-2H,(H2,17,18,20,21). The lowest BCUT2D eigenvalue weighted by Crippen LogP contribution is -2.19. The van der Waals surface area contributed by atoms with Crippen molar-refractivity contribution in [3.63, 3.8) is 0 Å². The average molecular weight is 392 g/mol. The molecule has 0 saturated carbocycles. The summed E-state index contributed by atoms with van der Waals surface area (Å²) in [4.78, 5) is 11.7. The largest absolute Gasteiger partial charge is 0.445 e. The van der Waals surface area contributed by atoms with Crippen LogP contribution in [0, 0.1) is 0 Å². The lowest BCUT2D eigenvalue weighted by molar-refractivity contribution is -0.138. The van der Waals surface area contributed by atoms with Gasteiger partial charge in [0.25, 0.3) is 0 Å². The van der Waals surface area contributed by atoms with Gasteiger partial charge in [0.1, 0.15) is 0 Å². The van der Waals surface area contributed by atoms with E-state index in [0.717, 1.165) is 0 Å². The summed E-state index contributed by atoms with van der Waals surface area (Å²) < 4.78 is 37.1. The van der Waals surface area contributed by atoms with Gasteiger partial charge in [0.2, 0.25) is 10.1 Å². The van der Waals surface area contributed by atoms with Crippen LogP contribution in [0.2, 0.25) is 15.1 Å². The molecule has 1 aromatic carbocycles. The Hall–Kier alpha value is -1.29. The summed E-state index contributed by atoms with van der Waals surface area (Å²) in [6, 6.07) is 1.76. The molecular formula is C10H4Cl3F3N4OS. The van der Waals surface area contributed by atoms with Crippen molar-refractivity contribution in [2.24, 2.45) is 0 Å². The summed E-state index contributed by atoms with van der Waals surface area (Å²) in [5, 5.41) is 9.51. The molecule has 1 aromatic heterocycles. The van der Waals surface area contributed by atoms with Crippen LogP contribution in [0.4, 0.5) is 28.8 Å². The highest BCUT2D eigenvalue weighted by Crippen LogP contribution is 2.34. The Bertz CT molecular complexity index is 722. The van der Waals surface area contributed by atoms with Crippen molar-refractivity contribution in [3.8, 4) is 0 Å². The number of carbonyl (C=O) groups excluding carboxylic acids is 1. The molecule has 2 amide bonds. The predicted molar refractivity (Wildman–Crippen MR) is 79.0 cm³/mol. The number of aromatic nitrogens is 2. The Morgan fingerprint density at radius 1 is 1.05 bits per heavy atom. The van der Waals surface area contributed by atoms with E-state index in [1.54, 1.807) is 0 Å². The zero-order valence-corrected chi connectivity index (χ0v) is 13.2. The summed E-state index contributed by atoms with van der Waals surface area (Å²) >= 11 is 17.5. The summed E-state index contributed by atoms with van der Waals surface area (Å²) in [5.74, 6) is 0. The van der Waals surface area contributed by atoms with Gasteiger partial charge in [-0.25, -0.2) is 4.79 Å². The molecule has 0 aliphatic heterocycles. The molecule has 0 radical (unpaired) electrons. The summed E-state index contributed by atoms with van der Waals surface area (Å²) in [5.41, 5.74) is 0.133. The maximum Gasteiger partial charge on any atom is 0.445 e. The molecule has 2 aromatic rings. The minimum absolute atomic E-state index is 0.109. The smallest absolute Gasteiger partial charge is 0.306 e. The van der Waals surface area contributed by atoms with Crippen LogP contribution in [-0.4, -0.2) is 16.2 Å². The number of nitrogens with zero attached hydrogens (tertiary/aromatic N) is 2. The molecule has 2 N–H and O–H groups in total. The molecule has 5 nitrogen and oxygen atoms in total. The normalized spacial score (nSPS) is 11.4. The Balaban J connectivity index is 2.08. The molecule has 0 aliphatic carbocycles. The maximum atomic E-state index is 12.4. The van der Waals surface area contributed by atoms with Gasteiger partial charge in [-0.1, -0.05) is 46.1 Å². The van der Waals surface area contributed by atoms with Gasteiger partial charge in [-0.15, -0.1) is 10.2 Å². The van der Waals surface area contributed by atoms with Crippen LogP contribution in [0.15, 0.2) is 12.1 Å². The second-order valence-electron chi connectivity index (χ2n) is 3.74. The number of benzene rings is 1. The van der Waals surface area contributed by atoms with E-state index in [1.807, 2.05) is 0 Å². The molecule has 0 aliphatic rings. The second-order valence-corrected chi connectivity index (χ2v) is 5.93. The van der Waals surface area contributed by atoms with Gasteiger partial charge in [0.05, 0.1) is 20.8 Å². The van der Waals surface area contributed by atoms with E-state index in [2.05, 4.69) is 20.8 Å². The number of anilines is 2. The highest BCUT2D eigenvalue weighted by Gasteiger charge is 2.35. The number of carbonyl (C=O) groups is 1. The fraction of sp³-hybridized carbons (Fsp3) is 0.100. The SMILES string of the molecule is O=C(Nc1nnc(C(F)(F)F)s1)Nc1cc(Cl)c(Cl)cc1Cl. The van der Waals surface area contributed by atoms with Crippen molar-refractivity contribution >= 4 is 63.0 Å². The Morgan fingerprint density at radius 3 is 2.27 bits per heavy atom. The second kappa shape index (κ2) is 6.45. The van der Waals surface area contributed by atoms with E-state index in [9.17, 15) is 18.0 Å². The first kappa shape index (κ1) is 17.1. The number of halogens is 6. The van der Waals surface area contributed by atoms with E-state index < -0.39 is 17.2 Å². The van der Waals surface area contributed by atoms with Crippen LogP contribution in [0.1, 0.15) is 5.01 Å². The first-order valence-corrected chi connectivity index (χ1v) is 7.25. The van der Waals surface area contributed by atoms with E-state index in [1.165, 1.54) is 12.1 Å². The van der Waals surface area contributed by atoms with Gasteiger partial charge < -0.3 is 5.32 Å². The van der Waals surface area contributed by atoms with Crippen LogP contribution in [0.3, 0.4) is 0 Å². The lowest BCUT2D eigenvalue weighted by Gasteiger charge is -2.08. The highest BCUT2D eigenvalue weighted by molar-refractivity contribution is 7.15. The molecule has 0 fully saturated rings. The molecule has 0 unspecified atom stereocenters. The van der Waals surface area contributed by atoms with Crippen LogP contribution < -0.4 is 10.6 Å². The summed E-state index contributed by atoms with van der Waals surface area (Å²) in [6.07, 6.45) is -4.62. The third-order valence-electron chi connectivity index (χ3n) is 2.15. The van der Waals surface area contributed by atoms with Crippen molar-refractivity contribution in [3.05, 3.63) is 32.2 Å². The van der Waals surface area contributed by atoms with Gasteiger partial charge in [-0.2, -0.15) is 13.2 Å². The molecule has 0 spiro atoms. The number of nitrogens with one attached hydrogen (secondary N) is 2. The number of alkyl halides is 3. The molecule has 1 heterocycles. The van der Waals surface area contributed by atoms with Crippen molar-refractivity contribution < 1.29 is 18.0 Å². The van der Waals surface area contributed by atoms with E-state index in [0.29, 0.717) is 0 Å². The Morgan fingerprint density at radius 2 is 1.68 bits per heavy atom. The van der Waals surface area contributed by atoms with Crippen LogP contribution >= 0.6 is 46.1 Å². The molecule has 22 heavy (non-hydrogen) atoms. The number of rotatable bonds is 2. The molecular weight excluding hydrogens is 388 g/mol. The van der Waals surface area contributed by atoms with Crippen LogP contribution in [0.25, 0.3) is 0 Å². The van der Waals surface area contributed by atoms with Crippen LogP contribution in [-0.2, 0) is 6.18 Å². The zero-order valence-electron chi connectivity index (χ0n) is 10.1. The average Bonchev–Trinajstić information content (AvgIpc) is 2.84. The molecule has 0 atom stereocenters. The predicted octanol–water partition coefficient (Wildman–Crippen LogP) is 5.16. The molecule has 0 saturated heterocycles. The molecule has 0 bridgehead atoms.